The first kappa shape index (κ1) is 13.0. The predicted octanol–water partition coefficient (Wildman–Crippen LogP) is -2.20. The van der Waals surface area contributed by atoms with E-state index in [9.17, 15) is 19.8 Å². The van der Waals surface area contributed by atoms with Gasteiger partial charge in [0.2, 0.25) is 0 Å². The molecule has 1 aliphatic rings. The molecule has 18 heavy (non-hydrogen) atoms. The molecular weight excluding hydrogens is 244 g/mol. The second-order valence-corrected chi connectivity index (χ2v) is 4.02. The Hall–Kier alpha value is -1.48. The fraction of sp³-hybridized carbons (Fsp3) is 0.600. The number of hydrogen-bond acceptors (Lipinski definition) is 6. The molecule has 1 fully saturated rings. The number of nitrogens with zero attached hydrogens (tertiary/aromatic N) is 1. The monoisotopic (exact) mass is 258 g/mol. The third-order valence-electron chi connectivity index (χ3n) is 2.79. The number of hydrogen-bond donors (Lipinski definition) is 3. The highest BCUT2D eigenvalue weighted by Gasteiger charge is 2.43. The molecule has 0 radical (unpaired) electrons. The van der Waals surface area contributed by atoms with Gasteiger partial charge in [-0.25, -0.2) is 4.79 Å². The van der Waals surface area contributed by atoms with Crippen LogP contribution in [0.25, 0.3) is 0 Å². The van der Waals surface area contributed by atoms with Gasteiger partial charge in [0, 0.05) is 19.4 Å². The molecule has 1 aliphatic heterocycles. The predicted molar refractivity (Wildman–Crippen MR) is 59.1 cm³/mol. The van der Waals surface area contributed by atoms with Gasteiger partial charge >= 0.3 is 5.69 Å². The zero-order valence-electron chi connectivity index (χ0n) is 9.65. The Morgan fingerprint density at radius 1 is 1.44 bits per heavy atom. The molecule has 1 aromatic heterocycles. The molecular formula is C10H14N2O6. The lowest BCUT2D eigenvalue weighted by atomic mass is 10.1. The van der Waals surface area contributed by atoms with Crippen LogP contribution < -0.4 is 11.2 Å². The maximum absolute atomic E-state index is 11.5. The van der Waals surface area contributed by atoms with Gasteiger partial charge in [-0.3, -0.25) is 14.3 Å². The fourth-order valence-corrected chi connectivity index (χ4v) is 1.89. The molecule has 4 atom stereocenters. The van der Waals surface area contributed by atoms with Crippen LogP contribution in [-0.2, 0) is 9.47 Å². The molecule has 8 nitrogen and oxygen atoms in total. The van der Waals surface area contributed by atoms with Gasteiger partial charge in [0.15, 0.2) is 6.23 Å². The van der Waals surface area contributed by atoms with E-state index in [2.05, 4.69) is 0 Å². The number of aliphatic hydroxyl groups excluding tert-OH is 2. The van der Waals surface area contributed by atoms with Crippen LogP contribution >= 0.6 is 0 Å². The van der Waals surface area contributed by atoms with Crippen molar-refractivity contribution >= 4 is 0 Å². The van der Waals surface area contributed by atoms with Crippen molar-refractivity contribution in [1.82, 2.24) is 9.55 Å². The lowest BCUT2D eigenvalue weighted by Crippen LogP contribution is -2.37. The number of ether oxygens (including phenoxy) is 2. The normalized spacial score (nSPS) is 31.7. The first-order valence-electron chi connectivity index (χ1n) is 5.36. The molecule has 1 aromatic rings. The summed E-state index contributed by atoms with van der Waals surface area (Å²) in [4.78, 5) is 24.5. The number of H-pyrrole nitrogens is 1. The van der Waals surface area contributed by atoms with Gasteiger partial charge in [0.05, 0.1) is 6.61 Å². The van der Waals surface area contributed by atoms with E-state index in [4.69, 9.17) is 9.47 Å². The van der Waals surface area contributed by atoms with Crippen LogP contribution in [0.4, 0.5) is 0 Å². The summed E-state index contributed by atoms with van der Waals surface area (Å²) < 4.78 is 11.2. The standard InChI is InChI=1S/C10H14N2O6/c1-17-4-5-7(14)8(15)9(18-5)12-3-2-6(13)11-10(12)16/h2-3,5,7-9,14-15H,4H2,1H3,(H,11,13,16)/t5?,7-,8?,9?/m0/s1. The van der Waals surface area contributed by atoms with Crippen LogP contribution in [0.5, 0.6) is 0 Å². The van der Waals surface area contributed by atoms with Gasteiger partial charge in [0.1, 0.15) is 18.3 Å². The van der Waals surface area contributed by atoms with Crippen molar-refractivity contribution in [2.45, 2.75) is 24.5 Å². The SMILES string of the molecule is COCC1OC(n2ccc(=O)[nH]c2=O)C(O)[C@H]1O. The number of rotatable bonds is 3. The summed E-state index contributed by atoms with van der Waals surface area (Å²) in [6, 6.07) is 1.13. The second kappa shape index (κ2) is 5.02. The van der Waals surface area contributed by atoms with Gasteiger partial charge in [-0.15, -0.1) is 0 Å². The molecule has 3 N–H and O–H groups in total. The molecule has 0 spiro atoms. The molecule has 0 aromatic carbocycles. The van der Waals surface area contributed by atoms with E-state index in [1.54, 1.807) is 0 Å². The van der Waals surface area contributed by atoms with E-state index in [1.165, 1.54) is 13.3 Å². The summed E-state index contributed by atoms with van der Waals surface area (Å²) in [5.74, 6) is 0. The van der Waals surface area contributed by atoms with Crippen molar-refractivity contribution in [1.29, 1.82) is 0 Å². The quantitative estimate of drug-likeness (QED) is 0.567. The summed E-state index contributed by atoms with van der Waals surface area (Å²) in [7, 11) is 1.43. The van der Waals surface area contributed by atoms with E-state index >= 15 is 0 Å². The number of aliphatic hydroxyl groups is 2. The van der Waals surface area contributed by atoms with E-state index in [-0.39, 0.29) is 6.61 Å². The summed E-state index contributed by atoms with van der Waals surface area (Å²) in [5.41, 5.74) is -1.26. The molecule has 100 valence electrons. The average Bonchev–Trinajstić information content (AvgIpc) is 2.58. The van der Waals surface area contributed by atoms with E-state index in [1.807, 2.05) is 4.98 Å². The van der Waals surface area contributed by atoms with Gasteiger partial charge in [-0.2, -0.15) is 0 Å². The van der Waals surface area contributed by atoms with Crippen LogP contribution in [-0.4, -0.2) is 51.8 Å². The topological polar surface area (TPSA) is 114 Å². The zero-order chi connectivity index (χ0) is 13.3. The molecule has 2 heterocycles. The van der Waals surface area contributed by atoms with Gasteiger partial charge in [-0.1, -0.05) is 0 Å². The fourth-order valence-electron chi connectivity index (χ4n) is 1.89. The molecule has 2 rings (SSSR count). The van der Waals surface area contributed by atoms with E-state index < -0.39 is 35.8 Å². The summed E-state index contributed by atoms with van der Waals surface area (Å²) >= 11 is 0. The van der Waals surface area contributed by atoms with Crippen LogP contribution in [0.2, 0.25) is 0 Å². The van der Waals surface area contributed by atoms with Crippen molar-refractivity contribution in [2.24, 2.45) is 0 Å². The largest absolute Gasteiger partial charge is 0.387 e. The molecule has 0 amide bonds. The summed E-state index contributed by atoms with van der Waals surface area (Å²) in [5, 5.41) is 19.5. The van der Waals surface area contributed by atoms with Gasteiger partial charge in [-0.05, 0) is 0 Å². The number of nitrogens with one attached hydrogen (secondary N) is 1. The van der Waals surface area contributed by atoms with Crippen molar-refractivity contribution in [3.05, 3.63) is 33.1 Å². The third-order valence-corrected chi connectivity index (χ3v) is 2.79. The van der Waals surface area contributed by atoms with Gasteiger partial charge in [0.25, 0.3) is 5.56 Å². The second-order valence-electron chi connectivity index (χ2n) is 4.02. The number of aromatic amines is 1. The molecule has 1 saturated heterocycles. The minimum Gasteiger partial charge on any atom is -0.387 e. The Balaban J connectivity index is 2.29. The van der Waals surface area contributed by atoms with Crippen molar-refractivity contribution in [3.8, 4) is 0 Å². The minimum absolute atomic E-state index is 0.0901. The average molecular weight is 258 g/mol. The van der Waals surface area contributed by atoms with E-state index in [0.29, 0.717) is 0 Å². The van der Waals surface area contributed by atoms with Crippen LogP contribution in [0.15, 0.2) is 21.9 Å². The van der Waals surface area contributed by atoms with Crippen molar-refractivity contribution < 1.29 is 19.7 Å². The first-order chi connectivity index (χ1) is 8.54. The number of aromatic nitrogens is 2. The Kier molecular flexibility index (Phi) is 3.62. The Labute approximate surface area is 101 Å². The summed E-state index contributed by atoms with van der Waals surface area (Å²) in [6.45, 7) is 0.0901. The maximum Gasteiger partial charge on any atom is 0.330 e. The minimum atomic E-state index is -1.27. The molecule has 8 heteroatoms. The zero-order valence-corrected chi connectivity index (χ0v) is 9.65. The first-order valence-corrected chi connectivity index (χ1v) is 5.36. The summed E-state index contributed by atoms with van der Waals surface area (Å²) in [6.07, 6.45) is -3.00. The lowest BCUT2D eigenvalue weighted by molar-refractivity contribution is -0.0614. The van der Waals surface area contributed by atoms with Crippen molar-refractivity contribution in [3.63, 3.8) is 0 Å². The smallest absolute Gasteiger partial charge is 0.330 e. The lowest BCUT2D eigenvalue weighted by Gasteiger charge is -2.16. The Bertz CT molecular complexity index is 524. The highest BCUT2D eigenvalue weighted by atomic mass is 16.6. The van der Waals surface area contributed by atoms with Crippen LogP contribution in [0.1, 0.15) is 6.23 Å². The Morgan fingerprint density at radius 2 is 2.17 bits per heavy atom. The highest BCUT2D eigenvalue weighted by molar-refractivity contribution is 4.93. The molecule has 0 aliphatic carbocycles. The molecule has 0 bridgehead atoms. The van der Waals surface area contributed by atoms with Crippen molar-refractivity contribution in [2.75, 3.05) is 13.7 Å². The van der Waals surface area contributed by atoms with E-state index in [0.717, 1.165) is 10.6 Å². The Morgan fingerprint density at radius 3 is 2.78 bits per heavy atom. The van der Waals surface area contributed by atoms with Crippen LogP contribution in [0, 0.1) is 0 Å². The third kappa shape index (κ3) is 2.23. The van der Waals surface area contributed by atoms with Crippen LogP contribution in [0.3, 0.4) is 0 Å². The maximum atomic E-state index is 11.5. The molecule has 0 saturated carbocycles. The number of methoxy groups -OCH3 is 1. The van der Waals surface area contributed by atoms with Gasteiger partial charge < -0.3 is 19.7 Å². The molecule has 3 unspecified atom stereocenters. The highest BCUT2D eigenvalue weighted by Crippen LogP contribution is 2.28.